The van der Waals surface area contributed by atoms with E-state index in [4.69, 9.17) is 23.2 Å². The molecule has 0 spiro atoms. The first-order valence-corrected chi connectivity index (χ1v) is 7.35. The Hall–Kier alpha value is -1.16. The van der Waals surface area contributed by atoms with E-state index in [9.17, 15) is 0 Å². The molecule has 2 aromatic carbocycles. The molecule has 1 unspecified atom stereocenters. The van der Waals surface area contributed by atoms with Gasteiger partial charge in [-0.1, -0.05) is 53.5 Å². The lowest BCUT2D eigenvalue weighted by atomic mass is 10.1. The van der Waals surface area contributed by atoms with Gasteiger partial charge in [-0.15, -0.1) is 0 Å². The van der Waals surface area contributed by atoms with Gasteiger partial charge in [0.05, 0.1) is 16.0 Å². The number of halogens is 2. The van der Waals surface area contributed by atoms with Crippen LogP contribution in [-0.4, -0.2) is 6.21 Å². The number of para-hydroxylation sites is 1. The van der Waals surface area contributed by atoms with E-state index in [0.717, 1.165) is 16.3 Å². The largest absolute Gasteiger partial charge is 0.205 e. The number of nitrogens with zero attached hydrogens (tertiary/aromatic N) is 2. The molecule has 5 heteroatoms. The molecule has 0 aliphatic carbocycles. The van der Waals surface area contributed by atoms with Crippen molar-refractivity contribution in [1.82, 2.24) is 0 Å². The molecule has 3 rings (SSSR count). The SMILES string of the molecule is Clc1ccccc1C1C=NN(c2ccccc2Cl)S1. The van der Waals surface area contributed by atoms with Crippen LogP contribution in [0.15, 0.2) is 53.6 Å². The molecule has 2 aromatic rings. The van der Waals surface area contributed by atoms with E-state index < -0.39 is 0 Å². The van der Waals surface area contributed by atoms with Crippen LogP contribution in [0.2, 0.25) is 10.0 Å². The second kappa shape index (κ2) is 5.45. The molecule has 1 aliphatic heterocycles. The second-order valence-corrected chi connectivity index (χ2v) is 5.92. The summed E-state index contributed by atoms with van der Waals surface area (Å²) in [7, 11) is 0. The molecule has 2 nitrogen and oxygen atoms in total. The predicted molar refractivity (Wildman–Crippen MR) is 84.2 cm³/mol. The highest BCUT2D eigenvalue weighted by atomic mass is 35.5. The molecule has 19 heavy (non-hydrogen) atoms. The van der Waals surface area contributed by atoms with Gasteiger partial charge in [-0.2, -0.15) is 5.10 Å². The fourth-order valence-electron chi connectivity index (χ4n) is 1.85. The highest BCUT2D eigenvalue weighted by molar-refractivity contribution is 8.01. The van der Waals surface area contributed by atoms with Gasteiger partial charge in [0.2, 0.25) is 0 Å². The van der Waals surface area contributed by atoms with Gasteiger partial charge in [0.15, 0.2) is 0 Å². The number of hydrogen-bond donors (Lipinski definition) is 0. The lowest BCUT2D eigenvalue weighted by Crippen LogP contribution is -2.02. The molecule has 1 heterocycles. The molecule has 0 bridgehead atoms. The summed E-state index contributed by atoms with van der Waals surface area (Å²) in [5.41, 5.74) is 1.95. The number of anilines is 1. The van der Waals surface area contributed by atoms with E-state index in [-0.39, 0.29) is 5.25 Å². The molecule has 96 valence electrons. The van der Waals surface area contributed by atoms with Gasteiger partial charge in [-0.05, 0) is 35.7 Å². The zero-order valence-corrected chi connectivity index (χ0v) is 12.2. The average molecular weight is 309 g/mol. The minimum Gasteiger partial charge on any atom is -0.205 e. The molecular formula is C14H10Cl2N2S. The number of hydrazone groups is 1. The van der Waals surface area contributed by atoms with Gasteiger partial charge in [0.1, 0.15) is 0 Å². The van der Waals surface area contributed by atoms with Crippen molar-refractivity contribution in [3.05, 3.63) is 64.1 Å². The first-order valence-electron chi connectivity index (χ1n) is 5.75. The monoisotopic (exact) mass is 308 g/mol. The molecule has 0 N–H and O–H groups in total. The number of benzene rings is 2. The number of rotatable bonds is 2. The van der Waals surface area contributed by atoms with E-state index in [1.54, 1.807) is 11.9 Å². The van der Waals surface area contributed by atoms with Crippen LogP contribution < -0.4 is 4.41 Å². The normalized spacial score (nSPS) is 18.0. The molecule has 0 fully saturated rings. The van der Waals surface area contributed by atoms with E-state index in [1.165, 1.54) is 0 Å². The van der Waals surface area contributed by atoms with Crippen molar-refractivity contribution in [2.45, 2.75) is 5.25 Å². The lowest BCUT2D eigenvalue weighted by Gasteiger charge is -2.16. The maximum Gasteiger partial charge on any atom is 0.0909 e. The molecule has 0 radical (unpaired) electrons. The highest BCUT2D eigenvalue weighted by Gasteiger charge is 2.24. The van der Waals surface area contributed by atoms with Gasteiger partial charge >= 0.3 is 0 Å². The summed E-state index contributed by atoms with van der Waals surface area (Å²) in [6, 6.07) is 15.5. The van der Waals surface area contributed by atoms with Crippen LogP contribution in [-0.2, 0) is 0 Å². The molecular weight excluding hydrogens is 299 g/mol. The summed E-state index contributed by atoms with van der Waals surface area (Å²) in [5.74, 6) is 0. The minimum absolute atomic E-state index is 0.116. The van der Waals surface area contributed by atoms with Crippen LogP contribution >= 0.6 is 35.1 Å². The summed E-state index contributed by atoms with van der Waals surface area (Å²) in [4.78, 5) is 0. The van der Waals surface area contributed by atoms with Crippen LogP contribution in [0.25, 0.3) is 0 Å². The van der Waals surface area contributed by atoms with Gasteiger partial charge in [0.25, 0.3) is 0 Å². The van der Waals surface area contributed by atoms with Crippen LogP contribution in [0, 0.1) is 0 Å². The van der Waals surface area contributed by atoms with Gasteiger partial charge in [-0.25, -0.2) is 4.41 Å². The van der Waals surface area contributed by atoms with Crippen molar-refractivity contribution in [3.8, 4) is 0 Å². The standard InChI is InChI=1S/C14H10Cl2N2S/c15-11-6-2-1-5-10(11)14-9-17-18(19-14)13-8-4-3-7-12(13)16/h1-9,14H. The van der Waals surface area contributed by atoms with Crippen LogP contribution in [0.5, 0.6) is 0 Å². The first kappa shape index (κ1) is 12.9. The third kappa shape index (κ3) is 2.59. The molecule has 0 saturated carbocycles. The van der Waals surface area contributed by atoms with E-state index in [1.807, 2.05) is 59.2 Å². The molecule has 0 saturated heterocycles. The van der Waals surface area contributed by atoms with Gasteiger partial charge in [-0.3, -0.25) is 0 Å². The van der Waals surface area contributed by atoms with Gasteiger partial charge < -0.3 is 0 Å². The topological polar surface area (TPSA) is 15.6 Å². The summed E-state index contributed by atoms with van der Waals surface area (Å²) in [5, 5.41) is 5.95. The molecule has 1 aliphatic rings. The average Bonchev–Trinajstić information content (AvgIpc) is 2.89. The Morgan fingerprint density at radius 3 is 2.37 bits per heavy atom. The third-order valence-corrected chi connectivity index (χ3v) is 4.55. The second-order valence-electron chi connectivity index (χ2n) is 4.04. The fraction of sp³-hybridized carbons (Fsp3) is 0.0714. The van der Waals surface area contributed by atoms with E-state index >= 15 is 0 Å². The zero-order valence-electron chi connectivity index (χ0n) is 9.83. The van der Waals surface area contributed by atoms with Crippen molar-refractivity contribution >= 4 is 47.1 Å². The van der Waals surface area contributed by atoms with Crippen LogP contribution in [0.4, 0.5) is 5.69 Å². The summed E-state index contributed by atoms with van der Waals surface area (Å²) >= 11 is 14.0. The van der Waals surface area contributed by atoms with Crippen LogP contribution in [0.1, 0.15) is 10.8 Å². The van der Waals surface area contributed by atoms with Crippen molar-refractivity contribution in [2.24, 2.45) is 5.10 Å². The zero-order chi connectivity index (χ0) is 13.2. The molecule has 1 atom stereocenters. The smallest absolute Gasteiger partial charge is 0.0909 e. The maximum atomic E-state index is 6.21. The Bertz CT molecular complexity index is 577. The van der Waals surface area contributed by atoms with E-state index in [2.05, 4.69) is 5.10 Å². The Balaban J connectivity index is 1.84. The summed E-state index contributed by atoms with van der Waals surface area (Å²) in [6.45, 7) is 0. The Morgan fingerprint density at radius 2 is 1.63 bits per heavy atom. The third-order valence-electron chi connectivity index (χ3n) is 2.79. The van der Waals surface area contributed by atoms with Crippen molar-refractivity contribution in [1.29, 1.82) is 0 Å². The predicted octanol–water partition coefficient (Wildman–Crippen LogP) is 5.19. The Kier molecular flexibility index (Phi) is 3.69. The van der Waals surface area contributed by atoms with Crippen molar-refractivity contribution < 1.29 is 0 Å². The Morgan fingerprint density at radius 1 is 0.947 bits per heavy atom. The van der Waals surface area contributed by atoms with Gasteiger partial charge in [0, 0.05) is 11.2 Å². The van der Waals surface area contributed by atoms with Crippen LogP contribution in [0.3, 0.4) is 0 Å². The lowest BCUT2D eigenvalue weighted by molar-refractivity contribution is 1.23. The minimum atomic E-state index is 0.116. The summed E-state index contributed by atoms with van der Waals surface area (Å²) < 4.78 is 1.83. The summed E-state index contributed by atoms with van der Waals surface area (Å²) in [6.07, 6.45) is 1.88. The van der Waals surface area contributed by atoms with E-state index in [0.29, 0.717) is 5.02 Å². The Labute approximate surface area is 126 Å². The molecule has 0 aromatic heterocycles. The van der Waals surface area contributed by atoms with Crippen molar-refractivity contribution in [2.75, 3.05) is 4.41 Å². The van der Waals surface area contributed by atoms with Crippen molar-refractivity contribution in [3.63, 3.8) is 0 Å². The number of hydrogen-bond acceptors (Lipinski definition) is 3. The maximum absolute atomic E-state index is 6.21. The fourth-order valence-corrected chi connectivity index (χ4v) is 3.46. The quantitative estimate of drug-likeness (QED) is 0.710. The first-order chi connectivity index (χ1) is 9.25. The molecule has 0 amide bonds. The highest BCUT2D eigenvalue weighted by Crippen LogP contribution is 2.42.